The number of benzene rings is 1. The van der Waals surface area contributed by atoms with Gasteiger partial charge in [-0.3, -0.25) is 9.78 Å². The number of amides is 1. The Balaban J connectivity index is 1.68. The fraction of sp³-hybridized carbons (Fsp3) is 0.323. The highest BCUT2D eigenvalue weighted by atomic mass is 19.1. The molecule has 6 rings (SSSR count). The molecule has 1 saturated heterocycles. The van der Waals surface area contributed by atoms with Crippen molar-refractivity contribution < 1.29 is 13.6 Å². The number of hydrogen-bond donors (Lipinski definition) is 1. The number of carbonyl (C=O) groups is 1. The summed E-state index contributed by atoms with van der Waals surface area (Å²) in [4.78, 5) is 43.7. The van der Waals surface area contributed by atoms with Crippen LogP contribution in [0.25, 0.3) is 28.0 Å². The van der Waals surface area contributed by atoms with Gasteiger partial charge in [-0.15, -0.1) is 0 Å². The summed E-state index contributed by atoms with van der Waals surface area (Å²) in [6.45, 7) is 11.0. The summed E-state index contributed by atoms with van der Waals surface area (Å²) in [5.74, 6) is -1.35. The summed E-state index contributed by atoms with van der Waals surface area (Å²) < 4.78 is 32.8. The SMILES string of the molecule is C=CC(=O)N1CCN(c2nc(=O)n3c4nc(c(F)cc24)-c2c(F)cccc2NCCc2ccnc(C(C)C)c2-3)[C@@H](C)C1. The first-order chi connectivity index (χ1) is 20.2. The van der Waals surface area contributed by atoms with E-state index in [1.54, 1.807) is 23.2 Å². The quantitative estimate of drug-likeness (QED) is 0.364. The summed E-state index contributed by atoms with van der Waals surface area (Å²) in [6.07, 6.45) is 3.47. The van der Waals surface area contributed by atoms with Crippen LogP contribution in [0.5, 0.6) is 0 Å². The zero-order chi connectivity index (χ0) is 29.7. The summed E-state index contributed by atoms with van der Waals surface area (Å²) in [6, 6.07) is 7.40. The van der Waals surface area contributed by atoms with E-state index in [0.29, 0.717) is 55.1 Å². The molecule has 9 nitrogen and oxygen atoms in total. The van der Waals surface area contributed by atoms with Crippen molar-refractivity contribution in [2.75, 3.05) is 36.4 Å². The van der Waals surface area contributed by atoms with Crippen molar-refractivity contribution in [3.8, 4) is 16.9 Å². The van der Waals surface area contributed by atoms with E-state index in [0.717, 1.165) is 5.56 Å². The van der Waals surface area contributed by atoms with Crippen LogP contribution in [0.1, 0.15) is 37.9 Å². The fourth-order valence-electron chi connectivity index (χ4n) is 5.94. The van der Waals surface area contributed by atoms with Crippen LogP contribution in [0.4, 0.5) is 20.3 Å². The van der Waals surface area contributed by atoms with Gasteiger partial charge in [0.25, 0.3) is 0 Å². The van der Waals surface area contributed by atoms with Gasteiger partial charge in [0.1, 0.15) is 17.3 Å². The molecule has 4 aromatic rings. The molecule has 0 spiro atoms. The Morgan fingerprint density at radius 2 is 1.98 bits per heavy atom. The minimum absolute atomic E-state index is 0.00709. The number of rotatable bonds is 3. The molecule has 0 aliphatic carbocycles. The zero-order valence-corrected chi connectivity index (χ0v) is 23.7. The maximum Gasteiger partial charge on any atom is 0.355 e. The Labute approximate surface area is 241 Å². The molecule has 1 atom stereocenters. The summed E-state index contributed by atoms with van der Waals surface area (Å²) in [7, 11) is 0. The number of pyridine rings is 2. The van der Waals surface area contributed by atoms with E-state index in [4.69, 9.17) is 4.98 Å². The molecule has 5 heterocycles. The molecule has 0 unspecified atom stereocenters. The van der Waals surface area contributed by atoms with E-state index < -0.39 is 17.3 Å². The number of carbonyl (C=O) groups excluding carboxylic acids is 1. The van der Waals surface area contributed by atoms with E-state index >= 15 is 8.78 Å². The summed E-state index contributed by atoms with van der Waals surface area (Å²) >= 11 is 0. The zero-order valence-electron chi connectivity index (χ0n) is 23.7. The standard InChI is InChI=1S/C31H31F2N7O2/c1-5-24(41)38-13-14-39(18(4)16-38)29-20-15-22(33)27-25-21(32)7-6-8-23(25)34-11-9-19-10-12-35-26(17(2)3)28(19)40(30(20)36-27)31(42)37-29/h5-8,10,12,15,17-18,34H,1,9,11,13-14,16H2,2-4H3/t18-/m0/s1. The molecule has 0 radical (unpaired) electrons. The van der Waals surface area contributed by atoms with Crippen molar-refractivity contribution in [1.82, 2.24) is 24.4 Å². The van der Waals surface area contributed by atoms with Crippen LogP contribution < -0.4 is 15.9 Å². The first-order valence-electron chi connectivity index (χ1n) is 14.0. The predicted octanol–water partition coefficient (Wildman–Crippen LogP) is 4.44. The first kappa shape index (κ1) is 27.5. The third kappa shape index (κ3) is 4.49. The molecule has 216 valence electrons. The molecule has 1 amide bonds. The van der Waals surface area contributed by atoms with Crippen molar-refractivity contribution in [2.45, 2.75) is 39.2 Å². The Hall–Kier alpha value is -4.67. The lowest BCUT2D eigenvalue weighted by Gasteiger charge is -2.40. The van der Waals surface area contributed by atoms with Crippen LogP contribution >= 0.6 is 0 Å². The van der Waals surface area contributed by atoms with E-state index in [2.05, 4.69) is 21.9 Å². The van der Waals surface area contributed by atoms with E-state index in [-0.39, 0.29) is 40.6 Å². The number of hydrogen-bond acceptors (Lipinski definition) is 7. The lowest BCUT2D eigenvalue weighted by molar-refractivity contribution is -0.126. The Bertz CT molecular complexity index is 1800. The van der Waals surface area contributed by atoms with Crippen molar-refractivity contribution in [3.63, 3.8) is 0 Å². The van der Waals surface area contributed by atoms with Gasteiger partial charge >= 0.3 is 5.69 Å². The van der Waals surface area contributed by atoms with Gasteiger partial charge in [0.05, 0.1) is 22.3 Å². The van der Waals surface area contributed by atoms with Gasteiger partial charge in [-0.2, -0.15) is 4.98 Å². The molecule has 1 N–H and O–H groups in total. The molecule has 2 bridgehead atoms. The van der Waals surface area contributed by atoms with Crippen LogP contribution in [-0.2, 0) is 11.2 Å². The number of fused-ring (bicyclic) bond motifs is 5. The highest BCUT2D eigenvalue weighted by Gasteiger charge is 2.31. The number of nitrogens with zero attached hydrogens (tertiary/aromatic N) is 6. The highest BCUT2D eigenvalue weighted by Crippen LogP contribution is 2.37. The molecule has 1 fully saturated rings. The second-order valence-electron chi connectivity index (χ2n) is 11.0. The van der Waals surface area contributed by atoms with Crippen LogP contribution in [0.15, 0.2) is 54.0 Å². The fourth-order valence-corrected chi connectivity index (χ4v) is 5.94. The maximum atomic E-state index is 16.1. The number of aromatic nitrogens is 4. The predicted molar refractivity (Wildman–Crippen MR) is 158 cm³/mol. The summed E-state index contributed by atoms with van der Waals surface area (Å²) in [5, 5.41) is 3.55. The molecule has 3 aromatic heterocycles. The highest BCUT2D eigenvalue weighted by molar-refractivity contribution is 5.92. The number of nitrogens with one attached hydrogen (secondary N) is 1. The molecular formula is C31H31F2N7O2. The lowest BCUT2D eigenvalue weighted by Crippen LogP contribution is -2.54. The average Bonchev–Trinajstić information content (AvgIpc) is 2.99. The number of halogens is 2. The van der Waals surface area contributed by atoms with E-state index in [1.807, 2.05) is 31.7 Å². The van der Waals surface area contributed by atoms with E-state index in [9.17, 15) is 9.59 Å². The largest absolute Gasteiger partial charge is 0.384 e. The van der Waals surface area contributed by atoms with Gasteiger partial charge in [0.15, 0.2) is 11.5 Å². The molecule has 11 heteroatoms. The van der Waals surface area contributed by atoms with Crippen molar-refractivity contribution in [1.29, 1.82) is 0 Å². The monoisotopic (exact) mass is 571 g/mol. The number of anilines is 2. The van der Waals surface area contributed by atoms with Gasteiger partial charge in [0, 0.05) is 44.1 Å². The minimum atomic E-state index is -0.744. The normalized spacial score (nSPS) is 16.6. The second-order valence-corrected chi connectivity index (χ2v) is 11.0. The Kier molecular flexibility index (Phi) is 6.96. The first-order valence-corrected chi connectivity index (χ1v) is 14.0. The van der Waals surface area contributed by atoms with Crippen molar-refractivity contribution >= 4 is 28.4 Å². The van der Waals surface area contributed by atoms with Crippen LogP contribution in [-0.4, -0.2) is 62.5 Å². The van der Waals surface area contributed by atoms with Gasteiger partial charge in [-0.1, -0.05) is 26.5 Å². The maximum absolute atomic E-state index is 16.1. The second kappa shape index (κ2) is 10.6. The van der Waals surface area contributed by atoms with Gasteiger partial charge in [-0.25, -0.2) is 23.1 Å². The lowest BCUT2D eigenvalue weighted by atomic mass is 10.0. The number of piperazine rings is 1. The van der Waals surface area contributed by atoms with Gasteiger partial charge in [-0.05, 0) is 55.2 Å². The Morgan fingerprint density at radius 3 is 2.71 bits per heavy atom. The van der Waals surface area contributed by atoms with Gasteiger partial charge in [0.2, 0.25) is 5.91 Å². The molecule has 2 aliphatic heterocycles. The molecule has 1 aromatic carbocycles. The van der Waals surface area contributed by atoms with Crippen molar-refractivity contribution in [2.24, 2.45) is 0 Å². The van der Waals surface area contributed by atoms with Crippen molar-refractivity contribution in [3.05, 3.63) is 82.6 Å². The topological polar surface area (TPSA) is 96.3 Å². The van der Waals surface area contributed by atoms with Crippen LogP contribution in [0, 0.1) is 11.6 Å². The summed E-state index contributed by atoms with van der Waals surface area (Å²) in [5.41, 5.74) is 1.80. The molecule has 0 saturated carbocycles. The Morgan fingerprint density at radius 1 is 1.17 bits per heavy atom. The smallest absolute Gasteiger partial charge is 0.355 e. The third-order valence-electron chi connectivity index (χ3n) is 7.95. The van der Waals surface area contributed by atoms with Gasteiger partial charge < -0.3 is 15.1 Å². The van der Waals surface area contributed by atoms with Crippen LogP contribution in [0.3, 0.4) is 0 Å². The minimum Gasteiger partial charge on any atom is -0.384 e. The van der Waals surface area contributed by atoms with E-state index in [1.165, 1.54) is 22.8 Å². The molecule has 2 aliphatic rings. The molecule has 42 heavy (non-hydrogen) atoms. The average molecular weight is 572 g/mol. The molecular weight excluding hydrogens is 540 g/mol. The van der Waals surface area contributed by atoms with Crippen LogP contribution in [0.2, 0.25) is 0 Å². The third-order valence-corrected chi connectivity index (χ3v) is 7.95.